The molecule has 0 spiro atoms. The number of nitrogens with zero attached hydrogens (tertiary/aromatic N) is 1. The van der Waals surface area contributed by atoms with Crippen LogP contribution < -0.4 is 16.0 Å². The lowest BCUT2D eigenvalue weighted by atomic mass is 10.1. The molecule has 0 radical (unpaired) electrons. The van der Waals surface area contributed by atoms with Crippen LogP contribution in [0.25, 0.3) is 0 Å². The summed E-state index contributed by atoms with van der Waals surface area (Å²) in [4.78, 5) is 23.2. The van der Waals surface area contributed by atoms with Gasteiger partial charge in [-0.05, 0) is 56.8 Å². The molecule has 2 amide bonds. The minimum Gasteiger partial charge on any atom is -0.465 e. The van der Waals surface area contributed by atoms with Crippen molar-refractivity contribution in [2.45, 2.75) is 31.6 Å². The van der Waals surface area contributed by atoms with E-state index in [1.54, 1.807) is 24.3 Å². The van der Waals surface area contributed by atoms with E-state index in [-0.39, 0.29) is 18.1 Å². The van der Waals surface area contributed by atoms with Gasteiger partial charge in [-0.25, -0.2) is 4.79 Å². The largest absolute Gasteiger partial charge is 0.465 e. The topological polar surface area (TPSA) is 93.7 Å². The van der Waals surface area contributed by atoms with Crippen molar-refractivity contribution in [3.63, 3.8) is 0 Å². The van der Waals surface area contributed by atoms with Crippen LogP contribution in [0.2, 0.25) is 0 Å². The maximum Gasteiger partial charge on any atom is 0.418 e. The van der Waals surface area contributed by atoms with Gasteiger partial charge >= 0.3 is 12.3 Å². The van der Waals surface area contributed by atoms with Crippen molar-refractivity contribution in [1.82, 2.24) is 15.5 Å². The summed E-state index contributed by atoms with van der Waals surface area (Å²) in [7, 11) is 3.79. The average molecular weight is 452 g/mol. The fourth-order valence-corrected chi connectivity index (χ4v) is 2.67. The molecule has 1 saturated carbocycles. The van der Waals surface area contributed by atoms with Gasteiger partial charge in [-0.2, -0.15) is 13.2 Å². The molecule has 1 aliphatic rings. The number of carboxylic acid groups (broad SMARTS) is 1. The van der Waals surface area contributed by atoms with Crippen molar-refractivity contribution in [1.29, 1.82) is 0 Å². The van der Waals surface area contributed by atoms with Crippen LogP contribution in [0.4, 0.5) is 29.3 Å². The Hall–Kier alpha value is -3.27. The number of alkyl halides is 3. The second-order valence-corrected chi connectivity index (χ2v) is 7.60. The Bertz CT molecular complexity index is 892. The fourth-order valence-electron chi connectivity index (χ4n) is 2.67. The smallest absolute Gasteiger partial charge is 0.418 e. The number of rotatable bonds is 7. The third kappa shape index (κ3) is 9.25. The second kappa shape index (κ2) is 11.4. The molecule has 0 atom stereocenters. The third-order valence-corrected chi connectivity index (χ3v) is 4.31. The lowest BCUT2D eigenvalue weighted by Gasteiger charge is -2.14. The van der Waals surface area contributed by atoms with E-state index in [0.717, 1.165) is 6.07 Å². The molecule has 3 rings (SSSR count). The van der Waals surface area contributed by atoms with Crippen LogP contribution in [0.5, 0.6) is 0 Å². The van der Waals surface area contributed by atoms with Crippen LogP contribution in [-0.4, -0.2) is 48.7 Å². The van der Waals surface area contributed by atoms with Gasteiger partial charge in [0.25, 0.3) is 0 Å². The van der Waals surface area contributed by atoms with Gasteiger partial charge in [0, 0.05) is 18.3 Å². The predicted molar refractivity (Wildman–Crippen MR) is 116 cm³/mol. The summed E-state index contributed by atoms with van der Waals surface area (Å²) in [5, 5.41) is 16.3. The normalized spacial score (nSPS) is 13.1. The lowest BCUT2D eigenvalue weighted by molar-refractivity contribution is -0.137. The van der Waals surface area contributed by atoms with Crippen molar-refractivity contribution in [3.05, 3.63) is 59.7 Å². The molecule has 0 saturated heterocycles. The lowest BCUT2D eigenvalue weighted by Crippen LogP contribution is -2.34. The molecule has 174 valence electrons. The average Bonchev–Trinajstić information content (AvgIpc) is 3.51. The zero-order chi connectivity index (χ0) is 23.7. The number of amides is 2. The first-order chi connectivity index (χ1) is 15.0. The highest BCUT2D eigenvalue weighted by molar-refractivity contribution is 5.78. The van der Waals surface area contributed by atoms with Crippen molar-refractivity contribution in [2.75, 3.05) is 26.0 Å². The minimum atomic E-state index is -4.44. The molecule has 1 fully saturated rings. The van der Waals surface area contributed by atoms with Crippen molar-refractivity contribution >= 4 is 23.4 Å². The third-order valence-electron chi connectivity index (χ3n) is 4.31. The van der Waals surface area contributed by atoms with E-state index in [0.29, 0.717) is 23.8 Å². The number of anilines is 2. The second-order valence-electron chi connectivity index (χ2n) is 7.60. The van der Waals surface area contributed by atoms with Crippen LogP contribution >= 0.6 is 0 Å². The summed E-state index contributed by atoms with van der Waals surface area (Å²) in [5.41, 5.74) is 0.408. The Morgan fingerprint density at radius 1 is 1.06 bits per heavy atom. The summed E-state index contributed by atoms with van der Waals surface area (Å²) < 4.78 is 38.7. The van der Waals surface area contributed by atoms with Gasteiger partial charge in [0.2, 0.25) is 5.91 Å². The van der Waals surface area contributed by atoms with Crippen LogP contribution in [0.1, 0.15) is 24.0 Å². The summed E-state index contributed by atoms with van der Waals surface area (Å²) in [6.07, 6.45) is -3.24. The van der Waals surface area contributed by atoms with Gasteiger partial charge in [-0.15, -0.1) is 0 Å². The number of nitrogens with one attached hydrogen (secondary N) is 3. The summed E-state index contributed by atoms with van der Waals surface area (Å²) >= 11 is 0. The van der Waals surface area contributed by atoms with E-state index < -0.39 is 17.8 Å². The van der Waals surface area contributed by atoms with Crippen molar-refractivity contribution in [3.8, 4) is 0 Å². The Kier molecular flexibility index (Phi) is 8.89. The van der Waals surface area contributed by atoms with E-state index in [1.165, 1.54) is 31.0 Å². The Morgan fingerprint density at radius 2 is 1.69 bits per heavy atom. The van der Waals surface area contributed by atoms with Gasteiger partial charge in [-0.1, -0.05) is 24.3 Å². The van der Waals surface area contributed by atoms with Crippen molar-refractivity contribution < 1.29 is 27.9 Å². The SMILES string of the molecule is CN(C)CC(=O)NC1CC1.O=C(O)NCc1ccc(Nc2ccccc2C(F)(F)F)cc1. The molecule has 32 heavy (non-hydrogen) atoms. The molecule has 0 aromatic heterocycles. The van der Waals surface area contributed by atoms with E-state index in [9.17, 15) is 22.8 Å². The molecule has 4 N–H and O–H groups in total. The van der Waals surface area contributed by atoms with Gasteiger partial charge in [0.15, 0.2) is 0 Å². The first-order valence-corrected chi connectivity index (χ1v) is 9.97. The van der Waals surface area contributed by atoms with Crippen LogP contribution in [0.3, 0.4) is 0 Å². The number of likely N-dealkylation sites (N-methyl/N-ethyl adjacent to an activating group) is 1. The standard InChI is InChI=1S/C15H13F3N2O2.C7H14N2O/c16-15(17,18)12-3-1-2-4-13(12)20-11-7-5-10(6-8-11)9-19-14(21)22;1-9(2)5-7(10)8-6-3-4-6/h1-8,19-20H,9H2,(H,21,22);6H,3-5H2,1-2H3,(H,8,10). The van der Waals surface area contributed by atoms with Gasteiger partial charge in [-0.3, -0.25) is 4.79 Å². The Morgan fingerprint density at radius 3 is 2.22 bits per heavy atom. The van der Waals surface area contributed by atoms with Crippen LogP contribution in [-0.2, 0) is 17.5 Å². The number of hydrogen-bond acceptors (Lipinski definition) is 4. The first kappa shape index (κ1) is 25.0. The van der Waals surface area contributed by atoms with Crippen molar-refractivity contribution in [2.24, 2.45) is 0 Å². The quantitative estimate of drug-likeness (QED) is 0.509. The molecular formula is C22H27F3N4O3. The molecule has 0 aliphatic heterocycles. The van der Waals surface area contributed by atoms with E-state index in [4.69, 9.17) is 5.11 Å². The molecule has 0 unspecified atom stereocenters. The first-order valence-electron chi connectivity index (χ1n) is 9.97. The molecule has 7 nitrogen and oxygen atoms in total. The van der Waals surface area contributed by atoms with Crippen LogP contribution in [0.15, 0.2) is 48.5 Å². The minimum absolute atomic E-state index is 0.0357. The fraction of sp³-hybridized carbons (Fsp3) is 0.364. The molecule has 0 heterocycles. The highest BCUT2D eigenvalue weighted by Crippen LogP contribution is 2.35. The van der Waals surface area contributed by atoms with E-state index >= 15 is 0 Å². The number of halogens is 3. The zero-order valence-corrected chi connectivity index (χ0v) is 17.9. The number of hydrogen-bond donors (Lipinski definition) is 4. The molecule has 1 aliphatic carbocycles. The van der Waals surface area contributed by atoms with E-state index in [1.807, 2.05) is 19.0 Å². The van der Waals surface area contributed by atoms with Gasteiger partial charge in [0.05, 0.1) is 17.8 Å². The maximum absolute atomic E-state index is 12.9. The number of carbonyl (C=O) groups excluding carboxylic acids is 1. The molecule has 10 heteroatoms. The zero-order valence-electron chi connectivity index (χ0n) is 17.9. The molecule has 2 aromatic carbocycles. The monoisotopic (exact) mass is 452 g/mol. The number of carbonyl (C=O) groups is 2. The maximum atomic E-state index is 12.9. The highest BCUT2D eigenvalue weighted by atomic mass is 19.4. The van der Waals surface area contributed by atoms with Gasteiger partial charge in [0.1, 0.15) is 0 Å². The molecule has 0 bridgehead atoms. The number of benzene rings is 2. The summed E-state index contributed by atoms with van der Waals surface area (Å²) in [6, 6.07) is 12.1. The predicted octanol–water partition coefficient (Wildman–Crippen LogP) is 4.04. The number of para-hydroxylation sites is 1. The van der Waals surface area contributed by atoms with E-state index in [2.05, 4.69) is 16.0 Å². The summed E-state index contributed by atoms with van der Waals surface area (Å²) in [5.74, 6) is 0.146. The van der Waals surface area contributed by atoms with Crippen LogP contribution in [0, 0.1) is 0 Å². The highest BCUT2D eigenvalue weighted by Gasteiger charge is 2.33. The van der Waals surface area contributed by atoms with Gasteiger partial charge < -0.3 is 26.0 Å². The Balaban J connectivity index is 0.000000303. The molecular weight excluding hydrogens is 425 g/mol. The molecule has 2 aromatic rings. The Labute approximate surface area is 184 Å². The summed E-state index contributed by atoms with van der Waals surface area (Å²) in [6.45, 7) is 0.644.